The molecule has 1 aromatic rings. The van der Waals surface area contributed by atoms with E-state index in [4.69, 9.17) is 9.84 Å². The quantitative estimate of drug-likeness (QED) is 0.417. The van der Waals surface area contributed by atoms with Crippen LogP contribution in [0.5, 0.6) is 0 Å². The van der Waals surface area contributed by atoms with Crippen molar-refractivity contribution < 1.29 is 20.1 Å². The maximum atomic E-state index is 11.4. The lowest BCUT2D eigenvalue weighted by atomic mass is 10.1. The van der Waals surface area contributed by atoms with Gasteiger partial charge in [0.05, 0.1) is 5.56 Å². The van der Waals surface area contributed by atoms with Crippen LogP contribution < -0.4 is 11.2 Å². The van der Waals surface area contributed by atoms with Gasteiger partial charge in [-0.15, -0.1) is 0 Å². The van der Waals surface area contributed by atoms with E-state index in [0.29, 0.717) is 0 Å². The van der Waals surface area contributed by atoms with Crippen molar-refractivity contribution in [2.75, 3.05) is 6.61 Å². The van der Waals surface area contributed by atoms with Crippen LogP contribution in [0.25, 0.3) is 0 Å². The second-order valence-corrected chi connectivity index (χ2v) is 3.48. The molecule has 0 amide bonds. The van der Waals surface area contributed by atoms with Gasteiger partial charge in [0.2, 0.25) is 0 Å². The molecule has 2 heterocycles. The number of aliphatic hydroxyl groups is 3. The molecule has 2 rings (SSSR count). The third kappa shape index (κ3) is 1.83. The number of hydrogen-bond donors (Lipinski definition) is 5. The van der Waals surface area contributed by atoms with Crippen LogP contribution in [0.4, 0.5) is 0 Å². The third-order valence-electron chi connectivity index (χ3n) is 2.42. The molecule has 0 radical (unpaired) electrons. The highest BCUT2D eigenvalue weighted by molar-refractivity contribution is 5.22. The summed E-state index contributed by atoms with van der Waals surface area (Å²) in [4.78, 5) is 26.4. The van der Waals surface area contributed by atoms with Crippen molar-refractivity contribution in [3.8, 4) is 0 Å². The Bertz CT molecular complexity index is 571. The fourth-order valence-electron chi connectivity index (χ4n) is 1.57. The Balaban J connectivity index is 2.39. The van der Waals surface area contributed by atoms with Gasteiger partial charge in [0, 0.05) is 6.20 Å². The summed E-state index contributed by atoms with van der Waals surface area (Å²) in [6.45, 7) is -0.597. The Morgan fingerprint density at radius 1 is 1.41 bits per heavy atom. The maximum absolute atomic E-state index is 11.4. The van der Waals surface area contributed by atoms with Crippen LogP contribution in [0.3, 0.4) is 0 Å². The van der Waals surface area contributed by atoms with E-state index in [9.17, 15) is 19.8 Å². The van der Waals surface area contributed by atoms with Gasteiger partial charge in [0.1, 0.15) is 6.61 Å². The van der Waals surface area contributed by atoms with Gasteiger partial charge in [-0.2, -0.15) is 0 Å². The molecule has 5 N–H and O–H groups in total. The molecule has 0 fully saturated rings. The van der Waals surface area contributed by atoms with E-state index < -0.39 is 35.8 Å². The molecule has 1 aliphatic rings. The summed E-state index contributed by atoms with van der Waals surface area (Å²) in [5.41, 5.74) is -1.47. The number of rotatable bonds is 2. The van der Waals surface area contributed by atoms with Crippen molar-refractivity contribution in [3.05, 3.63) is 44.1 Å². The largest absolute Gasteiger partial charge is 0.506 e. The number of H-pyrrole nitrogens is 2. The minimum Gasteiger partial charge on any atom is -0.506 e. The van der Waals surface area contributed by atoms with Gasteiger partial charge in [-0.1, -0.05) is 0 Å². The zero-order valence-electron chi connectivity index (χ0n) is 8.51. The molecule has 1 unspecified atom stereocenters. The number of aliphatic hydroxyl groups excluding tert-OH is 3. The first kappa shape index (κ1) is 11.4. The van der Waals surface area contributed by atoms with Gasteiger partial charge < -0.3 is 25.0 Å². The first-order valence-electron chi connectivity index (χ1n) is 4.74. The van der Waals surface area contributed by atoms with E-state index in [-0.39, 0.29) is 11.3 Å². The summed E-state index contributed by atoms with van der Waals surface area (Å²) in [7, 11) is 0. The van der Waals surface area contributed by atoms with Crippen molar-refractivity contribution in [2.45, 2.75) is 12.2 Å². The highest BCUT2D eigenvalue weighted by Gasteiger charge is 2.37. The Morgan fingerprint density at radius 3 is 2.65 bits per heavy atom. The fraction of sp³-hybridized carbons (Fsp3) is 0.333. The molecule has 0 bridgehead atoms. The second-order valence-electron chi connectivity index (χ2n) is 3.48. The number of ether oxygens (including phenoxy) is 1. The van der Waals surface area contributed by atoms with Crippen molar-refractivity contribution in [1.82, 2.24) is 9.97 Å². The minimum atomic E-state index is -1.45. The molecule has 17 heavy (non-hydrogen) atoms. The van der Waals surface area contributed by atoms with E-state index in [1.165, 1.54) is 0 Å². The maximum Gasteiger partial charge on any atom is 0.325 e. The lowest BCUT2D eigenvalue weighted by Crippen LogP contribution is -2.29. The summed E-state index contributed by atoms with van der Waals surface area (Å²) < 4.78 is 5.03. The van der Waals surface area contributed by atoms with Crippen LogP contribution in [0.15, 0.2) is 27.3 Å². The highest BCUT2D eigenvalue weighted by Crippen LogP contribution is 2.32. The zero-order valence-corrected chi connectivity index (χ0v) is 8.51. The molecule has 0 aliphatic carbocycles. The summed E-state index contributed by atoms with van der Waals surface area (Å²) in [6, 6.07) is 0. The molecule has 0 saturated heterocycles. The van der Waals surface area contributed by atoms with Gasteiger partial charge in [0.25, 0.3) is 5.56 Å². The van der Waals surface area contributed by atoms with Gasteiger partial charge in [0.15, 0.2) is 23.7 Å². The number of aromatic nitrogens is 2. The predicted octanol–water partition coefficient (Wildman–Crippen LogP) is -1.74. The molecule has 1 aliphatic heterocycles. The third-order valence-corrected chi connectivity index (χ3v) is 2.42. The average molecular weight is 242 g/mol. The standard InChI is InChI=1S/C9H10N2O6/c12-2-4-5(13)6(14)7(17-4)3-1-10-9(16)11-8(3)15/h1,6-7,12-14H,2H2,(H2,10,11,15,16)/t6?,7-/m0/s1. The molecule has 0 aromatic carbocycles. The van der Waals surface area contributed by atoms with Crippen LogP contribution >= 0.6 is 0 Å². The summed E-state index contributed by atoms with van der Waals surface area (Å²) >= 11 is 0. The molecule has 0 saturated carbocycles. The van der Waals surface area contributed by atoms with Crippen LogP contribution in [0.1, 0.15) is 11.7 Å². The zero-order chi connectivity index (χ0) is 12.6. The Hall–Kier alpha value is -2.06. The van der Waals surface area contributed by atoms with Gasteiger partial charge in [-0.25, -0.2) is 4.79 Å². The smallest absolute Gasteiger partial charge is 0.325 e. The first-order valence-corrected chi connectivity index (χ1v) is 4.74. The summed E-state index contributed by atoms with van der Waals surface area (Å²) in [6.07, 6.45) is -1.52. The summed E-state index contributed by atoms with van der Waals surface area (Å²) in [5.74, 6) is -0.726. The normalized spacial score (nSPS) is 23.9. The van der Waals surface area contributed by atoms with E-state index in [1.807, 2.05) is 4.98 Å². The average Bonchev–Trinajstić information content (AvgIpc) is 2.57. The van der Waals surface area contributed by atoms with Crippen LogP contribution in [0, 0.1) is 0 Å². The number of hydrogen-bond acceptors (Lipinski definition) is 6. The van der Waals surface area contributed by atoms with E-state index in [2.05, 4.69) is 4.98 Å². The van der Waals surface area contributed by atoms with Crippen LogP contribution in [-0.4, -0.2) is 38.0 Å². The minimum absolute atomic E-state index is 0.0490. The van der Waals surface area contributed by atoms with Gasteiger partial charge >= 0.3 is 5.69 Å². The van der Waals surface area contributed by atoms with E-state index >= 15 is 0 Å². The Morgan fingerprint density at radius 2 is 2.12 bits per heavy atom. The molecule has 1 aromatic heterocycles. The molecular formula is C9H10N2O6. The lowest BCUT2D eigenvalue weighted by Gasteiger charge is -2.13. The molecule has 0 spiro atoms. The highest BCUT2D eigenvalue weighted by atomic mass is 16.5. The van der Waals surface area contributed by atoms with E-state index in [1.54, 1.807) is 0 Å². The van der Waals surface area contributed by atoms with Crippen molar-refractivity contribution >= 4 is 0 Å². The second kappa shape index (κ2) is 4.07. The first-order chi connectivity index (χ1) is 8.04. The SMILES string of the molecule is O=c1[nH]cc([C@@H]2OC(CO)=C(O)C2O)c(=O)[nH]1. The number of aromatic amines is 2. The molecule has 2 atom stereocenters. The van der Waals surface area contributed by atoms with Gasteiger partial charge in [-0.05, 0) is 0 Å². The topological polar surface area (TPSA) is 136 Å². The Labute approximate surface area is 93.8 Å². The lowest BCUT2D eigenvalue weighted by molar-refractivity contribution is 0.0313. The fourth-order valence-corrected chi connectivity index (χ4v) is 1.57. The molecular weight excluding hydrogens is 232 g/mol. The van der Waals surface area contributed by atoms with Crippen molar-refractivity contribution in [2.24, 2.45) is 0 Å². The molecule has 92 valence electrons. The number of nitrogens with one attached hydrogen (secondary N) is 2. The van der Waals surface area contributed by atoms with E-state index in [0.717, 1.165) is 6.20 Å². The van der Waals surface area contributed by atoms with Crippen molar-refractivity contribution in [1.29, 1.82) is 0 Å². The Kier molecular flexibility index (Phi) is 2.74. The predicted molar refractivity (Wildman–Crippen MR) is 54.3 cm³/mol. The van der Waals surface area contributed by atoms with Gasteiger partial charge in [-0.3, -0.25) is 9.78 Å². The molecule has 8 nitrogen and oxygen atoms in total. The summed E-state index contributed by atoms with van der Waals surface area (Å²) in [5, 5.41) is 27.8. The van der Waals surface area contributed by atoms with Crippen LogP contribution in [0.2, 0.25) is 0 Å². The van der Waals surface area contributed by atoms with Crippen molar-refractivity contribution in [3.63, 3.8) is 0 Å². The molecule has 8 heteroatoms. The monoisotopic (exact) mass is 242 g/mol. The van der Waals surface area contributed by atoms with Crippen LogP contribution in [-0.2, 0) is 4.74 Å².